The number of halogens is 1. The molecule has 16 heavy (non-hydrogen) atoms. The molecule has 1 aromatic carbocycles. The summed E-state index contributed by atoms with van der Waals surface area (Å²) in [7, 11) is 0. The molecule has 0 aliphatic rings. The van der Waals surface area contributed by atoms with Gasteiger partial charge in [-0.2, -0.15) is 0 Å². The molecule has 0 heterocycles. The highest BCUT2D eigenvalue weighted by molar-refractivity contribution is 6.31. The average Bonchev–Trinajstić information content (AvgIpc) is 2.16. The smallest absolute Gasteiger partial charge is 0.325 e. The van der Waals surface area contributed by atoms with Crippen molar-refractivity contribution in [1.29, 1.82) is 0 Å². The minimum Gasteiger partial charge on any atom is -0.480 e. The van der Waals surface area contributed by atoms with Gasteiger partial charge < -0.3 is 16.2 Å². The number of carbonyl (C=O) groups is 2. The van der Waals surface area contributed by atoms with Crippen molar-refractivity contribution in [3.05, 3.63) is 28.8 Å². The number of rotatable bonds is 4. The van der Waals surface area contributed by atoms with Crippen LogP contribution >= 0.6 is 11.6 Å². The van der Waals surface area contributed by atoms with E-state index in [1.54, 1.807) is 0 Å². The minimum atomic E-state index is -1.03. The highest BCUT2D eigenvalue weighted by atomic mass is 35.5. The van der Waals surface area contributed by atoms with E-state index in [1.165, 1.54) is 25.1 Å². The van der Waals surface area contributed by atoms with Gasteiger partial charge in [0.2, 0.25) is 0 Å². The minimum absolute atomic E-state index is 0.206. The number of anilines is 1. The number of carboxylic acid groups (broad SMARTS) is 1. The van der Waals surface area contributed by atoms with Gasteiger partial charge in [-0.15, -0.1) is 0 Å². The van der Waals surface area contributed by atoms with E-state index in [9.17, 15) is 9.59 Å². The molecule has 0 aromatic heterocycles. The van der Waals surface area contributed by atoms with Crippen molar-refractivity contribution in [2.24, 2.45) is 5.73 Å². The van der Waals surface area contributed by atoms with E-state index in [0.29, 0.717) is 10.7 Å². The summed E-state index contributed by atoms with van der Waals surface area (Å²) >= 11 is 5.74. The van der Waals surface area contributed by atoms with Gasteiger partial charge >= 0.3 is 5.97 Å². The van der Waals surface area contributed by atoms with Crippen LogP contribution in [0.5, 0.6) is 0 Å². The van der Waals surface area contributed by atoms with Crippen LogP contribution in [0.15, 0.2) is 18.2 Å². The van der Waals surface area contributed by atoms with E-state index in [4.69, 9.17) is 22.4 Å². The quantitative estimate of drug-likeness (QED) is 0.743. The molecular weight excluding hydrogens is 232 g/mol. The maximum atomic E-state index is 11.1. The molecule has 0 saturated carbocycles. The lowest BCUT2D eigenvalue weighted by Gasteiger charge is -2.13. The first-order chi connectivity index (χ1) is 7.41. The van der Waals surface area contributed by atoms with Crippen LogP contribution in [-0.2, 0) is 4.79 Å². The van der Waals surface area contributed by atoms with Crippen molar-refractivity contribution >= 4 is 29.2 Å². The third-order valence-electron chi connectivity index (χ3n) is 1.99. The van der Waals surface area contributed by atoms with E-state index in [0.717, 1.165) is 0 Å². The molecule has 0 aliphatic carbocycles. The summed E-state index contributed by atoms with van der Waals surface area (Å²) in [4.78, 5) is 21.7. The molecule has 0 radical (unpaired) electrons. The molecule has 6 heteroatoms. The molecule has 86 valence electrons. The number of carbonyl (C=O) groups excluding carboxylic acids is 1. The highest BCUT2D eigenvalue weighted by Gasteiger charge is 2.15. The van der Waals surface area contributed by atoms with Gasteiger partial charge in [-0.3, -0.25) is 9.59 Å². The third kappa shape index (κ3) is 2.87. The highest BCUT2D eigenvalue weighted by Crippen LogP contribution is 2.21. The molecule has 0 saturated heterocycles. The van der Waals surface area contributed by atoms with E-state index in [-0.39, 0.29) is 5.56 Å². The van der Waals surface area contributed by atoms with E-state index >= 15 is 0 Å². The first kappa shape index (κ1) is 12.3. The fourth-order valence-electron chi connectivity index (χ4n) is 1.15. The van der Waals surface area contributed by atoms with Crippen LogP contribution in [0, 0.1) is 0 Å². The first-order valence-electron chi connectivity index (χ1n) is 4.50. The second-order valence-corrected chi connectivity index (χ2v) is 3.69. The Kier molecular flexibility index (Phi) is 3.73. The number of hydrogen-bond acceptors (Lipinski definition) is 3. The molecule has 0 spiro atoms. The lowest BCUT2D eigenvalue weighted by atomic mass is 10.1. The Morgan fingerprint density at radius 3 is 2.62 bits per heavy atom. The predicted molar refractivity (Wildman–Crippen MR) is 60.7 cm³/mol. The molecule has 1 amide bonds. The number of primary amides is 1. The molecule has 0 bridgehead atoms. The van der Waals surface area contributed by atoms with Crippen molar-refractivity contribution in [2.75, 3.05) is 5.32 Å². The van der Waals surface area contributed by atoms with Gasteiger partial charge in [-0.25, -0.2) is 0 Å². The third-order valence-corrected chi connectivity index (χ3v) is 2.22. The average molecular weight is 243 g/mol. The molecule has 0 aliphatic heterocycles. The van der Waals surface area contributed by atoms with Crippen LogP contribution in [-0.4, -0.2) is 23.0 Å². The zero-order valence-corrected chi connectivity index (χ0v) is 9.28. The molecule has 0 fully saturated rings. The lowest BCUT2D eigenvalue weighted by Crippen LogP contribution is -2.27. The Balaban J connectivity index is 3.05. The van der Waals surface area contributed by atoms with E-state index in [2.05, 4.69) is 5.32 Å². The Labute approximate surface area is 97.2 Å². The van der Waals surface area contributed by atoms with Crippen molar-refractivity contribution in [1.82, 2.24) is 0 Å². The Morgan fingerprint density at radius 2 is 2.12 bits per heavy atom. The topological polar surface area (TPSA) is 92.4 Å². The van der Waals surface area contributed by atoms with Crippen LogP contribution in [0.2, 0.25) is 5.02 Å². The Bertz CT molecular complexity index is 434. The molecule has 1 aromatic rings. The van der Waals surface area contributed by atoms with Gasteiger partial charge in [0.05, 0.1) is 5.56 Å². The lowest BCUT2D eigenvalue weighted by molar-refractivity contribution is -0.137. The van der Waals surface area contributed by atoms with Gasteiger partial charge in [-0.1, -0.05) is 11.6 Å². The van der Waals surface area contributed by atoms with Gasteiger partial charge in [0.25, 0.3) is 5.91 Å². The summed E-state index contributed by atoms with van der Waals surface area (Å²) in [6, 6.07) is 3.58. The summed E-state index contributed by atoms with van der Waals surface area (Å²) in [6.45, 7) is 1.45. The zero-order valence-electron chi connectivity index (χ0n) is 8.53. The van der Waals surface area contributed by atoms with Crippen LogP contribution in [0.25, 0.3) is 0 Å². The van der Waals surface area contributed by atoms with Crippen LogP contribution in [0.3, 0.4) is 0 Å². The zero-order chi connectivity index (χ0) is 12.3. The molecule has 4 N–H and O–H groups in total. The van der Waals surface area contributed by atoms with Gasteiger partial charge in [-0.05, 0) is 25.1 Å². The number of benzene rings is 1. The van der Waals surface area contributed by atoms with Crippen molar-refractivity contribution in [3.63, 3.8) is 0 Å². The van der Waals surface area contributed by atoms with Crippen LogP contribution < -0.4 is 11.1 Å². The molecule has 1 unspecified atom stereocenters. The number of amides is 1. The SMILES string of the molecule is CC(Nc1cc(Cl)ccc1C(N)=O)C(=O)O. The summed E-state index contributed by atoms with van der Waals surface area (Å²) in [5.74, 6) is -1.67. The van der Waals surface area contributed by atoms with Crippen LogP contribution in [0.1, 0.15) is 17.3 Å². The summed E-state index contributed by atoms with van der Waals surface area (Å²) in [5, 5.41) is 11.8. The second-order valence-electron chi connectivity index (χ2n) is 3.26. The number of aliphatic carboxylic acids is 1. The number of nitrogens with two attached hydrogens (primary N) is 1. The normalized spacial score (nSPS) is 11.9. The first-order valence-corrected chi connectivity index (χ1v) is 4.88. The van der Waals surface area contributed by atoms with Crippen molar-refractivity contribution in [3.8, 4) is 0 Å². The molecule has 1 rings (SSSR count). The van der Waals surface area contributed by atoms with Gasteiger partial charge in [0, 0.05) is 10.7 Å². The molecule has 1 atom stereocenters. The van der Waals surface area contributed by atoms with Gasteiger partial charge in [0.15, 0.2) is 0 Å². The molecule has 5 nitrogen and oxygen atoms in total. The number of carboxylic acids is 1. The Hall–Kier alpha value is -1.75. The second kappa shape index (κ2) is 4.85. The largest absolute Gasteiger partial charge is 0.480 e. The maximum absolute atomic E-state index is 11.1. The maximum Gasteiger partial charge on any atom is 0.325 e. The monoisotopic (exact) mass is 242 g/mol. The van der Waals surface area contributed by atoms with E-state index < -0.39 is 17.9 Å². The summed E-state index contributed by atoms with van der Waals surface area (Å²) in [6.07, 6.45) is 0. The predicted octanol–water partition coefficient (Wildman–Crippen LogP) is 1.32. The number of hydrogen-bond donors (Lipinski definition) is 3. The molecular formula is C10H11ClN2O3. The summed E-state index contributed by atoms with van der Waals surface area (Å²) in [5.41, 5.74) is 5.67. The fourth-order valence-corrected chi connectivity index (χ4v) is 1.32. The van der Waals surface area contributed by atoms with Crippen molar-refractivity contribution in [2.45, 2.75) is 13.0 Å². The van der Waals surface area contributed by atoms with Crippen LogP contribution in [0.4, 0.5) is 5.69 Å². The van der Waals surface area contributed by atoms with Crippen molar-refractivity contribution < 1.29 is 14.7 Å². The standard InChI is InChI=1S/C10H11ClN2O3/c1-5(10(15)16)13-8-4-6(11)2-3-7(8)9(12)14/h2-5,13H,1H3,(H2,12,14)(H,15,16). The Morgan fingerprint density at radius 1 is 1.50 bits per heavy atom. The van der Waals surface area contributed by atoms with E-state index in [1.807, 2.05) is 0 Å². The summed E-state index contributed by atoms with van der Waals surface area (Å²) < 4.78 is 0. The number of nitrogens with one attached hydrogen (secondary N) is 1. The van der Waals surface area contributed by atoms with Gasteiger partial charge in [0.1, 0.15) is 6.04 Å². The fraction of sp³-hybridized carbons (Fsp3) is 0.200.